The molecule has 0 aliphatic rings. The number of hydrogen-bond acceptors (Lipinski definition) is 6. The monoisotopic (exact) mass is 336 g/mol. The number of benzene rings is 1. The topological polar surface area (TPSA) is 170 Å². The van der Waals surface area contributed by atoms with E-state index in [1.807, 2.05) is 5.32 Å². The number of nitrogens with zero attached hydrogens (tertiary/aromatic N) is 1. The molecule has 19 heavy (non-hydrogen) atoms. The van der Waals surface area contributed by atoms with Gasteiger partial charge in [-0.05, 0) is 0 Å². The van der Waals surface area contributed by atoms with Crippen LogP contribution in [0.4, 0.5) is 11.4 Å². The van der Waals surface area contributed by atoms with Gasteiger partial charge in [-0.3, -0.25) is 0 Å². The van der Waals surface area contributed by atoms with Crippen LogP contribution in [0.25, 0.3) is 0 Å². The van der Waals surface area contributed by atoms with Crippen LogP contribution in [0.5, 0.6) is 5.75 Å². The normalized spacial score (nSPS) is 11.1. The molecule has 0 fully saturated rings. The first-order chi connectivity index (χ1) is 8.68. The Kier molecular flexibility index (Phi) is 4.32. The molecule has 104 valence electrons. The summed E-state index contributed by atoms with van der Waals surface area (Å²) in [5, 5.41) is 30.8. The number of nitro benzene ring substituents is 1. The van der Waals surface area contributed by atoms with Crippen LogP contribution in [0.2, 0.25) is 0 Å². The fourth-order valence-corrected chi connectivity index (χ4v) is 2.81. The molecule has 5 N–H and O–H groups in total. The molecule has 11 heteroatoms. The van der Waals surface area contributed by atoms with Gasteiger partial charge in [-0.25, -0.2) is 0 Å². The van der Waals surface area contributed by atoms with Gasteiger partial charge in [0.15, 0.2) is 0 Å². The number of phenolic OH excluding ortho intramolecular Hbond substituents is 1. The molecule has 1 aromatic carbocycles. The van der Waals surface area contributed by atoms with Crippen molar-refractivity contribution in [1.29, 1.82) is 0 Å². The van der Waals surface area contributed by atoms with Crippen molar-refractivity contribution in [2.24, 2.45) is 0 Å². The number of amides is 1. The predicted octanol–water partition coefficient (Wildman–Crippen LogP) is -2.21. The van der Waals surface area contributed by atoms with Gasteiger partial charge in [-0.15, -0.1) is 0 Å². The molecule has 0 saturated carbocycles. The number of nitrogens with one attached hydrogen (secondary N) is 1. The zero-order valence-electron chi connectivity index (χ0n) is 9.18. The summed E-state index contributed by atoms with van der Waals surface area (Å²) in [5.41, 5.74) is -1.61. The van der Waals surface area contributed by atoms with E-state index in [9.17, 15) is 23.8 Å². The molecule has 0 aromatic heterocycles. The molecular weight excluding hydrogens is 327 g/mol. The molecule has 0 aliphatic heterocycles. The Morgan fingerprint density at radius 2 is 2.00 bits per heavy atom. The van der Waals surface area contributed by atoms with Crippen molar-refractivity contribution in [3.05, 3.63) is 22.2 Å². The number of aliphatic hydroxyl groups excluding tert-OH is 1. The minimum atomic E-state index is -5.61. The Balaban J connectivity index is 3.44. The number of hydrogen-bond donors (Lipinski definition) is 5. The number of phenols is 1. The third kappa shape index (κ3) is 3.32. The molecule has 0 heterocycles. The second kappa shape index (κ2) is 5.41. The Hall–Kier alpha value is -1.87. The molecule has 0 unspecified atom stereocenters. The molecule has 1 rings (SSSR count). The summed E-state index contributed by atoms with van der Waals surface area (Å²) in [6, 6.07) is 1.64. The van der Waals surface area contributed by atoms with E-state index in [-0.39, 0.29) is 0 Å². The average Bonchev–Trinajstić information content (AvgIpc) is 2.29. The summed E-state index contributed by atoms with van der Waals surface area (Å²) >= 11 is -5.61. The van der Waals surface area contributed by atoms with E-state index in [0.717, 1.165) is 12.1 Å². The van der Waals surface area contributed by atoms with E-state index < -0.39 is 53.1 Å². The maximum absolute atomic E-state index is 11.1. The van der Waals surface area contributed by atoms with E-state index in [4.69, 9.17) is 13.3 Å². The molecule has 0 spiro atoms. The second-order valence-electron chi connectivity index (χ2n) is 3.34. The summed E-state index contributed by atoms with van der Waals surface area (Å²) in [7, 11) is 0. The van der Waals surface area contributed by atoms with Crippen LogP contribution >= 0.6 is 0 Å². The van der Waals surface area contributed by atoms with Crippen molar-refractivity contribution in [2.75, 3.05) is 11.9 Å². The molecule has 1 aromatic rings. The number of carbonyl (C=O) groups is 1. The molecule has 0 aliphatic carbocycles. The molecule has 0 saturated heterocycles. The average molecular weight is 336 g/mol. The molecule has 10 nitrogen and oxygen atoms in total. The van der Waals surface area contributed by atoms with Crippen molar-refractivity contribution in [3.8, 4) is 5.75 Å². The standard InChI is InChI=1S/C8H9AsN2O8/c12-3-6(13)10-5-2-1-4(9(15,16)17)7(8(5)14)11(18)19/h1-2,12,14H,3H2,(H,10,13)(H2,15,16,17). The van der Waals surface area contributed by atoms with Crippen LogP contribution in [-0.4, -0.2) is 50.0 Å². The van der Waals surface area contributed by atoms with Gasteiger partial charge in [0, 0.05) is 0 Å². The molecule has 0 atom stereocenters. The first-order valence-electron chi connectivity index (χ1n) is 4.65. The number of aromatic hydroxyl groups is 1. The number of carbonyl (C=O) groups excluding carboxylic acids is 1. The Morgan fingerprint density at radius 3 is 2.42 bits per heavy atom. The maximum atomic E-state index is 11.1. The zero-order valence-corrected chi connectivity index (χ0v) is 11.1. The number of rotatable bonds is 4. The zero-order chi connectivity index (χ0) is 14.8. The van der Waals surface area contributed by atoms with Crippen molar-refractivity contribution in [1.82, 2.24) is 0 Å². The third-order valence-corrected chi connectivity index (χ3v) is 4.12. The van der Waals surface area contributed by atoms with Gasteiger partial charge < -0.3 is 0 Å². The van der Waals surface area contributed by atoms with Crippen molar-refractivity contribution in [2.45, 2.75) is 0 Å². The van der Waals surface area contributed by atoms with E-state index >= 15 is 0 Å². The Bertz CT molecular complexity index is 580. The number of anilines is 1. The Morgan fingerprint density at radius 1 is 1.42 bits per heavy atom. The Labute approximate surface area is 108 Å². The molecular formula is C8H9AsN2O8. The fraction of sp³-hybridized carbons (Fsp3) is 0.125. The van der Waals surface area contributed by atoms with Crippen LogP contribution in [0, 0.1) is 10.1 Å². The molecule has 1 amide bonds. The first-order valence-corrected chi connectivity index (χ1v) is 8.04. The van der Waals surface area contributed by atoms with Gasteiger partial charge in [-0.2, -0.15) is 0 Å². The fourth-order valence-electron chi connectivity index (χ4n) is 1.27. The predicted molar refractivity (Wildman–Crippen MR) is 61.0 cm³/mol. The van der Waals surface area contributed by atoms with Crippen LogP contribution in [0.3, 0.4) is 0 Å². The summed E-state index contributed by atoms with van der Waals surface area (Å²) in [6.07, 6.45) is 0. The SMILES string of the molecule is O=C(CO)Nc1ccc([As](=O)(O)O)c([N+](=O)[O-])c1O. The van der Waals surface area contributed by atoms with Gasteiger partial charge in [0.1, 0.15) is 0 Å². The summed E-state index contributed by atoms with van der Waals surface area (Å²) < 4.78 is 28.2. The van der Waals surface area contributed by atoms with Gasteiger partial charge in [0.2, 0.25) is 0 Å². The van der Waals surface area contributed by atoms with Gasteiger partial charge in [0.05, 0.1) is 0 Å². The van der Waals surface area contributed by atoms with Crippen molar-refractivity contribution >= 4 is 35.8 Å². The van der Waals surface area contributed by atoms with E-state index in [2.05, 4.69) is 0 Å². The quantitative estimate of drug-likeness (QED) is 0.178. The van der Waals surface area contributed by atoms with Gasteiger partial charge in [0.25, 0.3) is 0 Å². The van der Waals surface area contributed by atoms with E-state index in [1.165, 1.54) is 0 Å². The number of aliphatic hydroxyl groups is 1. The van der Waals surface area contributed by atoms with Crippen LogP contribution in [0.1, 0.15) is 0 Å². The summed E-state index contributed by atoms with van der Waals surface area (Å²) in [4.78, 5) is 20.5. The summed E-state index contributed by atoms with van der Waals surface area (Å²) in [6.45, 7) is -0.919. The summed E-state index contributed by atoms with van der Waals surface area (Å²) in [5.74, 6) is -2.03. The number of nitro groups is 1. The van der Waals surface area contributed by atoms with Crippen LogP contribution < -0.4 is 9.67 Å². The first kappa shape index (κ1) is 15.2. The van der Waals surface area contributed by atoms with E-state index in [0.29, 0.717) is 0 Å². The third-order valence-electron chi connectivity index (χ3n) is 2.04. The second-order valence-corrected chi connectivity index (χ2v) is 6.63. The molecule has 0 bridgehead atoms. The van der Waals surface area contributed by atoms with Gasteiger partial charge >= 0.3 is 108 Å². The van der Waals surface area contributed by atoms with Crippen molar-refractivity contribution < 1.29 is 31.9 Å². The van der Waals surface area contributed by atoms with Crippen LogP contribution in [-0.2, 0) is 8.53 Å². The van der Waals surface area contributed by atoms with Crippen molar-refractivity contribution in [3.63, 3.8) is 0 Å². The van der Waals surface area contributed by atoms with Crippen LogP contribution in [0.15, 0.2) is 12.1 Å². The van der Waals surface area contributed by atoms with Gasteiger partial charge in [-0.1, -0.05) is 0 Å². The van der Waals surface area contributed by atoms with E-state index in [1.54, 1.807) is 0 Å². The minimum absolute atomic E-state index is 0.432. The molecule has 0 radical (unpaired) electrons.